The van der Waals surface area contributed by atoms with E-state index in [0.717, 1.165) is 20.4 Å². The van der Waals surface area contributed by atoms with Crippen molar-refractivity contribution in [3.05, 3.63) is 117 Å². The van der Waals surface area contributed by atoms with E-state index < -0.39 is 35.2 Å². The van der Waals surface area contributed by atoms with Crippen molar-refractivity contribution >= 4 is 17.6 Å². The zero-order valence-corrected chi connectivity index (χ0v) is 18.4. The molecule has 0 unspecified atom stereocenters. The van der Waals surface area contributed by atoms with E-state index in [4.69, 9.17) is 10.5 Å². The Balaban J connectivity index is 1.56. The van der Waals surface area contributed by atoms with Crippen molar-refractivity contribution in [2.45, 2.75) is 6.54 Å². The second-order valence-corrected chi connectivity index (χ2v) is 7.62. The normalized spacial score (nSPS) is 10.7. The quantitative estimate of drug-likeness (QED) is 0.334. The van der Waals surface area contributed by atoms with Gasteiger partial charge in [0, 0.05) is 25.1 Å². The second kappa shape index (κ2) is 9.45. The molecule has 0 atom stereocenters. The van der Waals surface area contributed by atoms with Crippen molar-refractivity contribution in [2.24, 2.45) is 7.05 Å². The number of nitrogen functional groups attached to an aromatic ring is 1. The summed E-state index contributed by atoms with van der Waals surface area (Å²) in [5.41, 5.74) is 5.94. The summed E-state index contributed by atoms with van der Waals surface area (Å²) in [6.07, 6.45) is 3.66. The standard InChI is InChI=1S/C25H22N4O5/c1-27-23(31)21(22(26)29(25(27)33)15-17-8-3-2-4-9-17)20(30)16-34-24(32)18-10-7-11-19(14-18)28-12-5-6-13-28/h2-14H,15-16,26H2,1H3. The predicted octanol–water partition coefficient (Wildman–Crippen LogP) is 2.01. The molecule has 0 saturated carbocycles. The molecule has 9 heteroatoms. The minimum Gasteiger partial charge on any atom is -0.454 e. The van der Waals surface area contributed by atoms with Gasteiger partial charge in [-0.3, -0.25) is 18.7 Å². The Bertz CT molecular complexity index is 1470. The fourth-order valence-electron chi connectivity index (χ4n) is 3.55. The number of ketones is 1. The van der Waals surface area contributed by atoms with Gasteiger partial charge >= 0.3 is 11.7 Å². The number of carbonyl (C=O) groups excluding carboxylic acids is 2. The van der Waals surface area contributed by atoms with Crippen LogP contribution < -0.4 is 17.0 Å². The number of aromatic nitrogens is 3. The number of esters is 1. The molecule has 2 aromatic heterocycles. The Hall–Kier alpha value is -4.66. The van der Waals surface area contributed by atoms with Crippen LogP contribution in [0.1, 0.15) is 26.3 Å². The van der Waals surface area contributed by atoms with Crippen LogP contribution in [0.15, 0.2) is 88.7 Å². The van der Waals surface area contributed by atoms with Gasteiger partial charge in [0.25, 0.3) is 5.56 Å². The van der Waals surface area contributed by atoms with E-state index in [1.807, 2.05) is 41.2 Å². The summed E-state index contributed by atoms with van der Waals surface area (Å²) in [7, 11) is 1.27. The lowest BCUT2D eigenvalue weighted by atomic mass is 10.1. The van der Waals surface area contributed by atoms with Crippen LogP contribution in [0, 0.1) is 0 Å². The van der Waals surface area contributed by atoms with E-state index >= 15 is 0 Å². The second-order valence-electron chi connectivity index (χ2n) is 7.62. The first-order valence-corrected chi connectivity index (χ1v) is 10.4. The fraction of sp³-hybridized carbons (Fsp3) is 0.120. The molecular weight excluding hydrogens is 436 g/mol. The van der Waals surface area contributed by atoms with Gasteiger partial charge in [-0.2, -0.15) is 0 Å². The van der Waals surface area contributed by atoms with Gasteiger partial charge in [-0.25, -0.2) is 9.59 Å². The monoisotopic (exact) mass is 458 g/mol. The molecule has 0 saturated heterocycles. The van der Waals surface area contributed by atoms with Crippen LogP contribution in [-0.2, 0) is 18.3 Å². The van der Waals surface area contributed by atoms with Gasteiger partial charge in [-0.15, -0.1) is 0 Å². The maximum Gasteiger partial charge on any atom is 0.338 e. The molecule has 2 aromatic carbocycles. The van der Waals surface area contributed by atoms with E-state index in [-0.39, 0.29) is 17.9 Å². The average Bonchev–Trinajstić information content (AvgIpc) is 3.40. The first kappa shape index (κ1) is 22.5. The third-order valence-electron chi connectivity index (χ3n) is 5.36. The Kier molecular flexibility index (Phi) is 6.26. The topological polar surface area (TPSA) is 118 Å². The maximum absolute atomic E-state index is 12.9. The van der Waals surface area contributed by atoms with E-state index in [0.29, 0.717) is 0 Å². The first-order chi connectivity index (χ1) is 16.4. The van der Waals surface area contributed by atoms with E-state index in [2.05, 4.69) is 0 Å². The summed E-state index contributed by atoms with van der Waals surface area (Å²) in [6.45, 7) is -0.624. The van der Waals surface area contributed by atoms with Gasteiger partial charge in [0.1, 0.15) is 11.4 Å². The molecule has 34 heavy (non-hydrogen) atoms. The molecule has 0 radical (unpaired) electrons. The number of hydrogen-bond acceptors (Lipinski definition) is 6. The lowest BCUT2D eigenvalue weighted by molar-refractivity contribution is 0.0474. The van der Waals surface area contributed by atoms with E-state index in [1.165, 1.54) is 7.05 Å². The zero-order valence-electron chi connectivity index (χ0n) is 18.4. The number of nitrogens with zero attached hydrogens (tertiary/aromatic N) is 3. The third-order valence-corrected chi connectivity index (χ3v) is 5.36. The van der Waals surface area contributed by atoms with Crippen LogP contribution in [0.25, 0.3) is 5.69 Å². The minimum atomic E-state index is -0.845. The van der Waals surface area contributed by atoms with Gasteiger partial charge < -0.3 is 15.0 Å². The predicted molar refractivity (Wildman–Crippen MR) is 126 cm³/mol. The molecule has 0 aliphatic rings. The molecule has 9 nitrogen and oxygen atoms in total. The molecule has 0 aliphatic carbocycles. The number of Topliss-reactive ketones (excluding diaryl/α,β-unsaturated/α-hetero) is 1. The zero-order chi connectivity index (χ0) is 24.2. The Morgan fingerprint density at radius 1 is 0.941 bits per heavy atom. The summed E-state index contributed by atoms with van der Waals surface area (Å²) < 4.78 is 8.95. The maximum atomic E-state index is 12.9. The minimum absolute atomic E-state index is 0.0753. The Morgan fingerprint density at radius 3 is 2.35 bits per heavy atom. The smallest absolute Gasteiger partial charge is 0.338 e. The first-order valence-electron chi connectivity index (χ1n) is 10.4. The lowest BCUT2D eigenvalue weighted by Gasteiger charge is -2.15. The highest BCUT2D eigenvalue weighted by molar-refractivity contribution is 6.02. The third kappa shape index (κ3) is 4.44. The highest BCUT2D eigenvalue weighted by atomic mass is 16.5. The van der Waals surface area contributed by atoms with Crippen molar-refractivity contribution in [3.8, 4) is 5.69 Å². The van der Waals surface area contributed by atoms with Crippen LogP contribution in [0.2, 0.25) is 0 Å². The SMILES string of the molecule is Cn1c(=O)c(C(=O)COC(=O)c2cccc(-n3cccc3)c2)c(N)n(Cc2ccccc2)c1=O. The van der Waals surface area contributed by atoms with Gasteiger partial charge in [0.05, 0.1) is 12.1 Å². The molecule has 0 bridgehead atoms. The average molecular weight is 458 g/mol. The van der Waals surface area contributed by atoms with Gasteiger partial charge in [0.15, 0.2) is 6.61 Å². The van der Waals surface area contributed by atoms with Gasteiger partial charge in [0.2, 0.25) is 5.78 Å². The number of hydrogen-bond donors (Lipinski definition) is 1. The summed E-state index contributed by atoms with van der Waals surface area (Å²) in [5, 5.41) is 0. The molecule has 172 valence electrons. The van der Waals surface area contributed by atoms with E-state index in [1.54, 1.807) is 42.5 Å². The molecule has 0 spiro atoms. The lowest BCUT2D eigenvalue weighted by Crippen LogP contribution is -2.43. The van der Waals surface area contributed by atoms with Gasteiger partial charge in [-0.1, -0.05) is 36.4 Å². The molecule has 2 N–H and O–H groups in total. The van der Waals surface area contributed by atoms with Crippen LogP contribution >= 0.6 is 0 Å². The van der Waals surface area contributed by atoms with E-state index in [9.17, 15) is 19.2 Å². The highest BCUT2D eigenvalue weighted by Gasteiger charge is 2.23. The van der Waals surface area contributed by atoms with Crippen molar-refractivity contribution in [2.75, 3.05) is 12.3 Å². The Labute approximate surface area is 194 Å². The van der Waals surface area contributed by atoms with Gasteiger partial charge in [-0.05, 0) is 35.9 Å². The molecular formula is C25H22N4O5. The van der Waals surface area contributed by atoms with Crippen LogP contribution in [0.3, 0.4) is 0 Å². The summed E-state index contributed by atoms with van der Waals surface area (Å²) in [6, 6.07) is 19.4. The molecule has 0 amide bonds. The van der Waals surface area contributed by atoms with Crippen LogP contribution in [0.5, 0.6) is 0 Å². The van der Waals surface area contributed by atoms with Crippen molar-refractivity contribution in [1.82, 2.24) is 13.7 Å². The number of nitrogens with two attached hydrogens (primary N) is 1. The molecule has 0 fully saturated rings. The summed E-state index contributed by atoms with van der Waals surface area (Å²) in [5.74, 6) is -1.79. The molecule has 4 aromatic rings. The number of rotatable bonds is 7. The molecule has 4 rings (SSSR count). The number of anilines is 1. The highest BCUT2D eigenvalue weighted by Crippen LogP contribution is 2.13. The molecule has 0 aliphatic heterocycles. The summed E-state index contributed by atoms with van der Waals surface area (Å²) in [4.78, 5) is 50.7. The van der Waals surface area contributed by atoms with Crippen molar-refractivity contribution in [3.63, 3.8) is 0 Å². The fourth-order valence-corrected chi connectivity index (χ4v) is 3.55. The summed E-state index contributed by atoms with van der Waals surface area (Å²) >= 11 is 0. The van der Waals surface area contributed by atoms with Crippen molar-refractivity contribution in [1.29, 1.82) is 0 Å². The number of ether oxygens (including phenoxy) is 1. The van der Waals surface area contributed by atoms with Crippen molar-refractivity contribution < 1.29 is 14.3 Å². The Morgan fingerprint density at radius 2 is 1.65 bits per heavy atom. The van der Waals surface area contributed by atoms with Crippen LogP contribution in [-0.4, -0.2) is 32.1 Å². The van der Waals surface area contributed by atoms with Crippen LogP contribution in [0.4, 0.5) is 5.82 Å². The number of benzene rings is 2. The molecule has 2 heterocycles. The number of carbonyl (C=O) groups is 2. The largest absolute Gasteiger partial charge is 0.454 e.